The summed E-state index contributed by atoms with van der Waals surface area (Å²) in [6.07, 6.45) is 1.39. The van der Waals surface area contributed by atoms with Gasteiger partial charge >= 0.3 is 0 Å². The third kappa shape index (κ3) is 4.85. The van der Waals surface area contributed by atoms with Crippen LogP contribution < -0.4 is 4.90 Å². The molecule has 0 N–H and O–H groups in total. The highest BCUT2D eigenvalue weighted by atomic mass is 16.2. The quantitative estimate of drug-likeness (QED) is 0.511. The van der Waals surface area contributed by atoms with Gasteiger partial charge in [0.05, 0.1) is 0 Å². The molecule has 3 rings (SSSR count). The molecule has 0 aromatic heterocycles. The Kier molecular flexibility index (Phi) is 6.43. The fourth-order valence-electron chi connectivity index (χ4n) is 3.50. The predicted molar refractivity (Wildman–Crippen MR) is 113 cm³/mol. The van der Waals surface area contributed by atoms with Crippen molar-refractivity contribution in [2.75, 3.05) is 11.4 Å². The van der Waals surface area contributed by atoms with Crippen LogP contribution in [0.2, 0.25) is 0 Å². The Hall–Kier alpha value is -2.87. The van der Waals surface area contributed by atoms with Crippen molar-refractivity contribution in [3.05, 3.63) is 102 Å². The standard InChI is InChI=1S/C25H27NO/c1-3-17-26(23-16-10-11-20(2)18-23)25(27)19-24(21-12-6-4-7-13-21)22-14-8-5-9-15-22/h4-16,18,24H,3,17,19H2,1-2H3. The van der Waals surface area contributed by atoms with Gasteiger partial charge in [0.2, 0.25) is 5.91 Å². The molecule has 0 unspecified atom stereocenters. The maximum atomic E-state index is 13.3. The molecule has 0 aliphatic heterocycles. The van der Waals surface area contributed by atoms with Crippen LogP contribution in [-0.2, 0) is 4.79 Å². The summed E-state index contributed by atoms with van der Waals surface area (Å²) in [7, 11) is 0. The molecule has 0 heterocycles. The van der Waals surface area contributed by atoms with Gasteiger partial charge in [-0.25, -0.2) is 0 Å². The van der Waals surface area contributed by atoms with E-state index < -0.39 is 0 Å². The van der Waals surface area contributed by atoms with E-state index in [9.17, 15) is 4.79 Å². The molecule has 2 heteroatoms. The van der Waals surface area contributed by atoms with Gasteiger partial charge in [-0.05, 0) is 42.2 Å². The number of carbonyl (C=O) groups is 1. The van der Waals surface area contributed by atoms with E-state index in [1.54, 1.807) is 0 Å². The van der Waals surface area contributed by atoms with Gasteiger partial charge in [0, 0.05) is 24.6 Å². The van der Waals surface area contributed by atoms with Crippen molar-refractivity contribution in [1.29, 1.82) is 0 Å². The second-order valence-electron chi connectivity index (χ2n) is 6.96. The number of aryl methyl sites for hydroxylation is 1. The topological polar surface area (TPSA) is 20.3 Å². The molecule has 0 radical (unpaired) electrons. The first-order chi connectivity index (χ1) is 13.2. The average Bonchev–Trinajstić information content (AvgIpc) is 2.71. The lowest BCUT2D eigenvalue weighted by Crippen LogP contribution is -2.33. The van der Waals surface area contributed by atoms with E-state index >= 15 is 0 Å². The predicted octanol–water partition coefficient (Wildman–Crippen LogP) is 5.96. The van der Waals surface area contributed by atoms with E-state index in [4.69, 9.17) is 0 Å². The summed E-state index contributed by atoms with van der Waals surface area (Å²) >= 11 is 0. The lowest BCUT2D eigenvalue weighted by Gasteiger charge is -2.26. The van der Waals surface area contributed by atoms with Gasteiger partial charge in [-0.3, -0.25) is 4.79 Å². The van der Waals surface area contributed by atoms with E-state index in [-0.39, 0.29) is 11.8 Å². The molecule has 0 saturated carbocycles. The molecule has 0 bridgehead atoms. The molecule has 138 valence electrons. The van der Waals surface area contributed by atoms with Crippen LogP contribution in [0.1, 0.15) is 42.4 Å². The molecule has 2 nitrogen and oxygen atoms in total. The van der Waals surface area contributed by atoms with Crippen LogP contribution in [0.3, 0.4) is 0 Å². The third-order valence-corrected chi connectivity index (χ3v) is 4.84. The Morgan fingerprint density at radius 3 is 1.96 bits per heavy atom. The van der Waals surface area contributed by atoms with Crippen LogP contribution >= 0.6 is 0 Å². The Morgan fingerprint density at radius 2 is 1.44 bits per heavy atom. The van der Waals surface area contributed by atoms with Crippen molar-refractivity contribution in [1.82, 2.24) is 0 Å². The van der Waals surface area contributed by atoms with E-state index in [0.717, 1.165) is 18.7 Å². The molecule has 3 aromatic carbocycles. The van der Waals surface area contributed by atoms with Crippen LogP contribution in [0.4, 0.5) is 5.69 Å². The number of amides is 1. The normalized spacial score (nSPS) is 10.8. The monoisotopic (exact) mass is 357 g/mol. The minimum absolute atomic E-state index is 0.0593. The first-order valence-corrected chi connectivity index (χ1v) is 9.66. The summed E-state index contributed by atoms with van der Waals surface area (Å²) in [4.78, 5) is 15.3. The highest BCUT2D eigenvalue weighted by Crippen LogP contribution is 2.30. The fraction of sp³-hybridized carbons (Fsp3) is 0.240. The summed E-state index contributed by atoms with van der Waals surface area (Å²) in [5.74, 6) is 0.226. The lowest BCUT2D eigenvalue weighted by atomic mass is 9.88. The highest BCUT2D eigenvalue weighted by molar-refractivity contribution is 5.94. The summed E-state index contributed by atoms with van der Waals surface area (Å²) in [6.45, 7) is 4.91. The molecule has 0 saturated heterocycles. The van der Waals surface area contributed by atoms with Crippen molar-refractivity contribution in [3.8, 4) is 0 Å². The molecule has 0 atom stereocenters. The molecular formula is C25H27NO. The first kappa shape index (κ1) is 18.9. The number of hydrogen-bond donors (Lipinski definition) is 0. The lowest BCUT2D eigenvalue weighted by molar-refractivity contribution is -0.118. The second-order valence-corrected chi connectivity index (χ2v) is 6.96. The van der Waals surface area contributed by atoms with E-state index in [2.05, 4.69) is 50.2 Å². The number of anilines is 1. The molecule has 3 aromatic rings. The molecular weight excluding hydrogens is 330 g/mol. The molecule has 0 fully saturated rings. The van der Waals surface area contributed by atoms with Crippen molar-refractivity contribution < 1.29 is 4.79 Å². The maximum Gasteiger partial charge on any atom is 0.227 e. The largest absolute Gasteiger partial charge is 0.312 e. The van der Waals surface area contributed by atoms with E-state index in [1.165, 1.54) is 16.7 Å². The van der Waals surface area contributed by atoms with Crippen LogP contribution in [0.25, 0.3) is 0 Å². The zero-order valence-electron chi connectivity index (χ0n) is 16.1. The van der Waals surface area contributed by atoms with Crippen LogP contribution in [-0.4, -0.2) is 12.5 Å². The number of hydrogen-bond acceptors (Lipinski definition) is 1. The zero-order valence-corrected chi connectivity index (χ0v) is 16.1. The van der Waals surface area contributed by atoms with Crippen molar-refractivity contribution >= 4 is 11.6 Å². The number of nitrogens with zero attached hydrogens (tertiary/aromatic N) is 1. The van der Waals surface area contributed by atoms with Crippen LogP contribution in [0.15, 0.2) is 84.9 Å². The van der Waals surface area contributed by atoms with Gasteiger partial charge in [-0.2, -0.15) is 0 Å². The number of carbonyl (C=O) groups excluding carboxylic acids is 1. The van der Waals surface area contributed by atoms with Gasteiger partial charge < -0.3 is 4.90 Å². The molecule has 1 amide bonds. The number of benzene rings is 3. The van der Waals surface area contributed by atoms with Gasteiger partial charge in [0.15, 0.2) is 0 Å². The minimum Gasteiger partial charge on any atom is -0.312 e. The SMILES string of the molecule is CCCN(C(=O)CC(c1ccccc1)c1ccccc1)c1cccc(C)c1. The number of rotatable bonds is 7. The Labute approximate surface area is 162 Å². The molecule has 27 heavy (non-hydrogen) atoms. The van der Waals surface area contributed by atoms with Crippen LogP contribution in [0, 0.1) is 6.92 Å². The van der Waals surface area contributed by atoms with Gasteiger partial charge in [0.1, 0.15) is 0 Å². The first-order valence-electron chi connectivity index (χ1n) is 9.66. The molecule has 0 aliphatic rings. The Bertz CT molecular complexity index is 818. The highest BCUT2D eigenvalue weighted by Gasteiger charge is 2.22. The average molecular weight is 357 g/mol. The Morgan fingerprint density at radius 1 is 0.852 bits per heavy atom. The smallest absolute Gasteiger partial charge is 0.227 e. The van der Waals surface area contributed by atoms with Crippen molar-refractivity contribution in [2.45, 2.75) is 32.6 Å². The summed E-state index contributed by atoms with van der Waals surface area (Å²) in [5, 5.41) is 0. The summed E-state index contributed by atoms with van der Waals surface area (Å²) in [5.41, 5.74) is 4.52. The van der Waals surface area contributed by atoms with Gasteiger partial charge in [-0.1, -0.05) is 79.7 Å². The maximum absolute atomic E-state index is 13.3. The van der Waals surface area contributed by atoms with E-state index in [1.807, 2.05) is 53.4 Å². The fourth-order valence-corrected chi connectivity index (χ4v) is 3.50. The zero-order chi connectivity index (χ0) is 19.1. The molecule has 0 spiro atoms. The minimum atomic E-state index is 0.0593. The summed E-state index contributed by atoms with van der Waals surface area (Å²) in [6, 6.07) is 28.9. The second kappa shape index (κ2) is 9.18. The van der Waals surface area contributed by atoms with Crippen molar-refractivity contribution in [2.24, 2.45) is 0 Å². The summed E-state index contributed by atoms with van der Waals surface area (Å²) < 4.78 is 0. The van der Waals surface area contributed by atoms with E-state index in [0.29, 0.717) is 6.42 Å². The van der Waals surface area contributed by atoms with Gasteiger partial charge in [0.25, 0.3) is 0 Å². The van der Waals surface area contributed by atoms with Gasteiger partial charge in [-0.15, -0.1) is 0 Å². The van der Waals surface area contributed by atoms with Crippen molar-refractivity contribution in [3.63, 3.8) is 0 Å². The van der Waals surface area contributed by atoms with Crippen LogP contribution in [0.5, 0.6) is 0 Å². The third-order valence-electron chi connectivity index (χ3n) is 4.84. The molecule has 0 aliphatic carbocycles. The Balaban J connectivity index is 1.91.